The largest absolute Gasteiger partial charge is 0.492 e. The zero-order chi connectivity index (χ0) is 12.1. The molecule has 0 bridgehead atoms. The molecule has 1 aromatic carbocycles. The third kappa shape index (κ3) is 3.42. The van der Waals surface area contributed by atoms with E-state index in [1.165, 1.54) is 7.11 Å². The second kappa shape index (κ2) is 5.75. The molecule has 0 heterocycles. The number of rotatable bonds is 4. The summed E-state index contributed by atoms with van der Waals surface area (Å²) in [5.74, 6) is 0.512. The first-order valence-corrected chi connectivity index (χ1v) is 5.38. The van der Waals surface area contributed by atoms with Crippen molar-refractivity contribution in [2.24, 2.45) is 0 Å². The number of carbonyl (C=O) groups excluding carboxylic acids is 1. The van der Waals surface area contributed by atoms with E-state index in [-0.39, 0.29) is 12.4 Å². The Bertz CT molecular complexity index is 365. The van der Waals surface area contributed by atoms with Gasteiger partial charge in [-0.05, 0) is 37.1 Å². The first-order valence-electron chi connectivity index (χ1n) is 5.01. The molecule has 0 aliphatic carbocycles. The van der Waals surface area contributed by atoms with Crippen LogP contribution in [0, 0.1) is 13.8 Å². The zero-order valence-electron chi connectivity index (χ0n) is 9.67. The maximum atomic E-state index is 10.9. The summed E-state index contributed by atoms with van der Waals surface area (Å²) in [6.45, 7) is 4.16. The van der Waals surface area contributed by atoms with Gasteiger partial charge in [-0.15, -0.1) is 0 Å². The molecule has 0 atom stereocenters. The Morgan fingerprint density at radius 2 is 1.88 bits per heavy atom. The van der Waals surface area contributed by atoms with Crippen LogP contribution in [0.4, 0.5) is 0 Å². The van der Waals surface area contributed by atoms with Gasteiger partial charge in [-0.25, -0.2) is 0 Å². The van der Waals surface area contributed by atoms with Crippen molar-refractivity contribution in [1.29, 1.82) is 0 Å². The van der Waals surface area contributed by atoms with Crippen LogP contribution in [0.5, 0.6) is 5.75 Å². The number of benzene rings is 1. The van der Waals surface area contributed by atoms with Crippen molar-refractivity contribution in [2.75, 3.05) is 13.7 Å². The van der Waals surface area contributed by atoms with Crippen LogP contribution in [0.25, 0.3) is 0 Å². The summed E-state index contributed by atoms with van der Waals surface area (Å²) in [5.41, 5.74) is 1.93. The van der Waals surface area contributed by atoms with Crippen molar-refractivity contribution in [3.63, 3.8) is 0 Å². The van der Waals surface area contributed by atoms with Gasteiger partial charge in [0, 0.05) is 5.02 Å². The standard InChI is InChI=1S/C12H15ClO3/c1-8-6-10(13)7-9(2)12(8)16-5-4-11(14)15-3/h6-7H,4-5H2,1-3H3. The summed E-state index contributed by atoms with van der Waals surface area (Å²) in [6, 6.07) is 3.67. The van der Waals surface area contributed by atoms with Gasteiger partial charge in [0.2, 0.25) is 0 Å². The monoisotopic (exact) mass is 242 g/mol. The Morgan fingerprint density at radius 1 is 1.31 bits per heavy atom. The molecule has 0 saturated heterocycles. The van der Waals surface area contributed by atoms with E-state index in [0.717, 1.165) is 16.9 Å². The van der Waals surface area contributed by atoms with E-state index in [4.69, 9.17) is 16.3 Å². The fourth-order valence-electron chi connectivity index (χ4n) is 1.46. The molecule has 0 aliphatic rings. The van der Waals surface area contributed by atoms with Gasteiger partial charge < -0.3 is 9.47 Å². The van der Waals surface area contributed by atoms with Gasteiger partial charge >= 0.3 is 5.97 Å². The summed E-state index contributed by atoms with van der Waals surface area (Å²) in [7, 11) is 1.36. The van der Waals surface area contributed by atoms with Gasteiger partial charge in [0.05, 0.1) is 20.1 Å². The molecule has 0 unspecified atom stereocenters. The Hall–Kier alpha value is -1.22. The van der Waals surface area contributed by atoms with Gasteiger partial charge in [-0.2, -0.15) is 0 Å². The number of halogens is 1. The van der Waals surface area contributed by atoms with Gasteiger partial charge in [-0.3, -0.25) is 4.79 Å². The maximum Gasteiger partial charge on any atom is 0.308 e. The highest BCUT2D eigenvalue weighted by molar-refractivity contribution is 6.30. The number of methoxy groups -OCH3 is 1. The zero-order valence-corrected chi connectivity index (χ0v) is 10.4. The summed E-state index contributed by atoms with van der Waals surface area (Å²) in [6.07, 6.45) is 0.248. The van der Waals surface area contributed by atoms with Crippen molar-refractivity contribution in [3.05, 3.63) is 28.3 Å². The maximum absolute atomic E-state index is 10.9. The molecule has 0 aromatic heterocycles. The molecule has 1 aromatic rings. The third-order valence-corrected chi connectivity index (χ3v) is 2.42. The van der Waals surface area contributed by atoms with E-state index in [9.17, 15) is 4.79 Å². The molecule has 1 rings (SSSR count). The molecule has 0 spiro atoms. The Morgan fingerprint density at radius 3 is 2.38 bits per heavy atom. The minimum atomic E-state index is -0.274. The van der Waals surface area contributed by atoms with E-state index in [0.29, 0.717) is 11.6 Å². The van der Waals surface area contributed by atoms with Crippen LogP contribution in [0.15, 0.2) is 12.1 Å². The number of hydrogen-bond acceptors (Lipinski definition) is 3. The first-order chi connectivity index (χ1) is 7.54. The number of ether oxygens (including phenoxy) is 2. The molecular formula is C12H15ClO3. The molecule has 0 aliphatic heterocycles. The van der Waals surface area contributed by atoms with Crippen LogP contribution in [0.3, 0.4) is 0 Å². The number of hydrogen-bond donors (Lipinski definition) is 0. The highest BCUT2D eigenvalue weighted by atomic mass is 35.5. The highest BCUT2D eigenvalue weighted by Crippen LogP contribution is 2.27. The molecule has 0 saturated carbocycles. The molecule has 16 heavy (non-hydrogen) atoms. The molecule has 4 heteroatoms. The fraction of sp³-hybridized carbons (Fsp3) is 0.417. The van der Waals surface area contributed by atoms with Crippen molar-refractivity contribution in [1.82, 2.24) is 0 Å². The lowest BCUT2D eigenvalue weighted by atomic mass is 10.1. The lowest BCUT2D eigenvalue weighted by Gasteiger charge is -2.11. The lowest BCUT2D eigenvalue weighted by molar-refractivity contribution is -0.141. The SMILES string of the molecule is COC(=O)CCOc1c(C)cc(Cl)cc1C. The molecular weight excluding hydrogens is 228 g/mol. The minimum absolute atomic E-state index is 0.248. The molecule has 0 N–H and O–H groups in total. The van der Waals surface area contributed by atoms with E-state index in [1.807, 2.05) is 26.0 Å². The second-order valence-corrected chi connectivity index (χ2v) is 3.98. The lowest BCUT2D eigenvalue weighted by Crippen LogP contribution is -2.08. The van der Waals surface area contributed by atoms with Crippen molar-refractivity contribution >= 4 is 17.6 Å². The van der Waals surface area contributed by atoms with E-state index < -0.39 is 0 Å². The molecule has 3 nitrogen and oxygen atoms in total. The topological polar surface area (TPSA) is 35.5 Å². The van der Waals surface area contributed by atoms with Crippen molar-refractivity contribution < 1.29 is 14.3 Å². The molecule has 0 amide bonds. The Balaban J connectivity index is 2.64. The van der Waals surface area contributed by atoms with E-state index in [1.54, 1.807) is 0 Å². The number of aryl methyl sites for hydroxylation is 2. The molecule has 0 fully saturated rings. The fourth-order valence-corrected chi connectivity index (χ4v) is 1.79. The van der Waals surface area contributed by atoms with E-state index in [2.05, 4.69) is 4.74 Å². The summed E-state index contributed by atoms with van der Waals surface area (Å²) in [5, 5.41) is 0.690. The Labute approximate surface area is 100 Å². The summed E-state index contributed by atoms with van der Waals surface area (Å²) < 4.78 is 10.1. The molecule has 88 valence electrons. The smallest absolute Gasteiger partial charge is 0.308 e. The van der Waals surface area contributed by atoms with Gasteiger partial charge in [0.1, 0.15) is 5.75 Å². The van der Waals surface area contributed by atoms with Crippen molar-refractivity contribution in [2.45, 2.75) is 20.3 Å². The predicted octanol–water partition coefficient (Wildman–Crippen LogP) is 2.90. The van der Waals surface area contributed by atoms with Crippen LogP contribution < -0.4 is 4.74 Å². The van der Waals surface area contributed by atoms with Crippen LogP contribution in [0.1, 0.15) is 17.5 Å². The van der Waals surface area contributed by atoms with Crippen LogP contribution in [0.2, 0.25) is 5.02 Å². The highest BCUT2D eigenvalue weighted by Gasteiger charge is 2.07. The normalized spacial score (nSPS) is 10.0. The van der Waals surface area contributed by atoms with Gasteiger partial charge in [-0.1, -0.05) is 11.6 Å². The third-order valence-electron chi connectivity index (χ3n) is 2.21. The van der Waals surface area contributed by atoms with E-state index >= 15 is 0 Å². The van der Waals surface area contributed by atoms with Crippen molar-refractivity contribution in [3.8, 4) is 5.75 Å². The summed E-state index contributed by atoms with van der Waals surface area (Å²) >= 11 is 5.90. The quantitative estimate of drug-likeness (QED) is 0.762. The number of esters is 1. The van der Waals surface area contributed by atoms with Crippen LogP contribution in [-0.4, -0.2) is 19.7 Å². The second-order valence-electron chi connectivity index (χ2n) is 3.54. The van der Waals surface area contributed by atoms with Gasteiger partial charge in [0.15, 0.2) is 0 Å². The molecule has 0 radical (unpaired) electrons. The van der Waals surface area contributed by atoms with Gasteiger partial charge in [0.25, 0.3) is 0 Å². The Kier molecular flexibility index (Phi) is 4.62. The first kappa shape index (κ1) is 12.8. The summed E-state index contributed by atoms with van der Waals surface area (Å²) in [4.78, 5) is 10.9. The average molecular weight is 243 g/mol. The minimum Gasteiger partial charge on any atom is -0.492 e. The number of carbonyl (C=O) groups is 1. The van der Waals surface area contributed by atoms with Crippen LogP contribution >= 0.6 is 11.6 Å². The predicted molar refractivity (Wildman–Crippen MR) is 63.1 cm³/mol. The van der Waals surface area contributed by atoms with Crippen LogP contribution in [-0.2, 0) is 9.53 Å². The average Bonchev–Trinajstić information content (AvgIpc) is 2.21.